The van der Waals surface area contributed by atoms with Crippen molar-refractivity contribution >= 4 is 21.6 Å². The zero-order valence-electron chi connectivity index (χ0n) is 7.22. The summed E-state index contributed by atoms with van der Waals surface area (Å²) in [7, 11) is 0. The molecule has 0 amide bonds. The number of phenols is 1. The van der Waals surface area contributed by atoms with Gasteiger partial charge in [-0.15, -0.1) is 0 Å². The summed E-state index contributed by atoms with van der Waals surface area (Å²) < 4.78 is 36.4. The van der Waals surface area contributed by atoms with Gasteiger partial charge in [-0.3, -0.25) is 0 Å². The number of halogens is 4. The number of alkyl halides is 3. The quantitative estimate of drug-likeness (QED) is 0.578. The topological polar surface area (TPSA) is 52.5 Å². The van der Waals surface area contributed by atoms with Crippen LogP contribution < -0.4 is 5.32 Å². The molecule has 0 aliphatic carbocycles. The third-order valence-electron chi connectivity index (χ3n) is 1.56. The highest BCUT2D eigenvalue weighted by molar-refractivity contribution is 9.10. The standard InChI is InChI=1S/C8H7BrF3NO2/c9-4-1-2-6(14)5(3-4)13-7(15)8(10,11)12/h1-3,7,13-15H. The minimum atomic E-state index is -4.78. The monoisotopic (exact) mass is 285 g/mol. The van der Waals surface area contributed by atoms with E-state index < -0.39 is 12.4 Å². The minimum absolute atomic E-state index is 0.200. The molecule has 0 spiro atoms. The van der Waals surface area contributed by atoms with E-state index in [1.54, 1.807) is 5.32 Å². The molecule has 1 rings (SSSR count). The molecule has 0 saturated heterocycles. The fourth-order valence-corrected chi connectivity index (χ4v) is 1.21. The van der Waals surface area contributed by atoms with E-state index in [-0.39, 0.29) is 11.4 Å². The molecule has 0 saturated carbocycles. The number of phenolic OH excluding ortho intramolecular Hbond substituents is 1. The first-order valence-corrected chi connectivity index (χ1v) is 4.60. The van der Waals surface area contributed by atoms with E-state index in [1.807, 2.05) is 0 Å². The predicted octanol–water partition coefficient (Wildman–Crippen LogP) is 2.45. The molecule has 3 N–H and O–H groups in total. The van der Waals surface area contributed by atoms with Crippen molar-refractivity contribution in [2.75, 3.05) is 5.32 Å². The van der Waals surface area contributed by atoms with Crippen molar-refractivity contribution in [3.63, 3.8) is 0 Å². The molecule has 7 heteroatoms. The van der Waals surface area contributed by atoms with Gasteiger partial charge >= 0.3 is 6.18 Å². The van der Waals surface area contributed by atoms with E-state index in [9.17, 15) is 18.3 Å². The van der Waals surface area contributed by atoms with Crippen molar-refractivity contribution < 1.29 is 23.4 Å². The SMILES string of the molecule is Oc1ccc(Br)cc1NC(O)C(F)(F)F. The molecule has 0 aromatic heterocycles. The van der Waals surface area contributed by atoms with Crippen LogP contribution in [0.5, 0.6) is 5.75 Å². The van der Waals surface area contributed by atoms with Crippen LogP contribution in [0.25, 0.3) is 0 Å². The number of rotatable bonds is 2. The number of aliphatic hydroxyl groups is 1. The second-order valence-corrected chi connectivity index (χ2v) is 3.67. The molecule has 84 valence electrons. The lowest BCUT2D eigenvalue weighted by atomic mass is 10.3. The first-order chi connectivity index (χ1) is 6.80. The van der Waals surface area contributed by atoms with E-state index in [0.717, 1.165) is 0 Å². The first kappa shape index (κ1) is 12.1. The number of nitrogens with one attached hydrogen (secondary N) is 1. The summed E-state index contributed by atoms with van der Waals surface area (Å²) >= 11 is 3.02. The second kappa shape index (κ2) is 4.28. The van der Waals surface area contributed by atoms with Crippen molar-refractivity contribution in [2.45, 2.75) is 12.4 Å². The van der Waals surface area contributed by atoms with Gasteiger partial charge in [0.2, 0.25) is 6.23 Å². The van der Waals surface area contributed by atoms with Crippen LogP contribution >= 0.6 is 15.9 Å². The highest BCUT2D eigenvalue weighted by atomic mass is 79.9. The summed E-state index contributed by atoms with van der Waals surface area (Å²) in [4.78, 5) is 0. The smallest absolute Gasteiger partial charge is 0.433 e. The van der Waals surface area contributed by atoms with Gasteiger partial charge < -0.3 is 15.5 Å². The summed E-state index contributed by atoms with van der Waals surface area (Å²) in [5.41, 5.74) is -0.200. The van der Waals surface area contributed by atoms with Crippen molar-refractivity contribution in [1.29, 1.82) is 0 Å². The summed E-state index contributed by atoms with van der Waals surface area (Å²) in [6.07, 6.45) is -7.49. The lowest BCUT2D eigenvalue weighted by Crippen LogP contribution is -2.35. The van der Waals surface area contributed by atoms with Gasteiger partial charge in [0.1, 0.15) is 5.75 Å². The Balaban J connectivity index is 2.85. The molecule has 0 radical (unpaired) electrons. The van der Waals surface area contributed by atoms with Gasteiger partial charge in [-0.25, -0.2) is 0 Å². The van der Waals surface area contributed by atoms with Crippen LogP contribution in [0, 0.1) is 0 Å². The van der Waals surface area contributed by atoms with E-state index in [1.165, 1.54) is 18.2 Å². The Morgan fingerprint density at radius 2 is 1.93 bits per heavy atom. The molecule has 0 bridgehead atoms. The normalized spacial score (nSPS) is 13.7. The summed E-state index contributed by atoms with van der Waals surface area (Å²) in [6, 6.07) is 3.89. The van der Waals surface area contributed by atoms with Crippen LogP contribution in [0.3, 0.4) is 0 Å². The fraction of sp³-hybridized carbons (Fsp3) is 0.250. The summed E-state index contributed by atoms with van der Waals surface area (Å²) in [5.74, 6) is -0.374. The van der Waals surface area contributed by atoms with Gasteiger partial charge in [0, 0.05) is 4.47 Å². The fourth-order valence-electron chi connectivity index (χ4n) is 0.853. The Hall–Kier alpha value is -0.950. The predicted molar refractivity (Wildman–Crippen MR) is 51.5 cm³/mol. The van der Waals surface area contributed by atoms with Crippen LogP contribution in [0.2, 0.25) is 0 Å². The van der Waals surface area contributed by atoms with Gasteiger partial charge in [0.05, 0.1) is 5.69 Å². The lowest BCUT2D eigenvalue weighted by molar-refractivity contribution is -0.194. The lowest BCUT2D eigenvalue weighted by Gasteiger charge is -2.17. The Bertz CT molecular complexity index is 356. The van der Waals surface area contributed by atoms with Crippen LogP contribution in [0.4, 0.5) is 18.9 Å². The van der Waals surface area contributed by atoms with Crippen molar-refractivity contribution in [2.24, 2.45) is 0 Å². The molecule has 15 heavy (non-hydrogen) atoms. The maximum atomic E-state index is 12.0. The summed E-state index contributed by atoms with van der Waals surface area (Å²) in [6.45, 7) is 0. The number of hydrogen-bond donors (Lipinski definition) is 3. The number of hydrogen-bond acceptors (Lipinski definition) is 3. The van der Waals surface area contributed by atoms with Gasteiger partial charge in [0.15, 0.2) is 0 Å². The Morgan fingerprint density at radius 1 is 1.33 bits per heavy atom. The van der Waals surface area contributed by atoms with Gasteiger partial charge in [0.25, 0.3) is 0 Å². The van der Waals surface area contributed by atoms with E-state index >= 15 is 0 Å². The first-order valence-electron chi connectivity index (χ1n) is 3.80. The Morgan fingerprint density at radius 3 is 2.47 bits per heavy atom. The van der Waals surface area contributed by atoms with Gasteiger partial charge in [-0.1, -0.05) is 15.9 Å². The molecule has 0 fully saturated rings. The number of anilines is 1. The van der Waals surface area contributed by atoms with E-state index in [4.69, 9.17) is 5.11 Å². The molecule has 1 aromatic rings. The number of aliphatic hydroxyl groups excluding tert-OH is 1. The largest absolute Gasteiger partial charge is 0.506 e. The van der Waals surface area contributed by atoms with E-state index in [2.05, 4.69) is 15.9 Å². The Labute approximate surface area is 91.7 Å². The Kier molecular flexibility index (Phi) is 3.46. The van der Waals surface area contributed by atoms with Crippen LogP contribution in [-0.2, 0) is 0 Å². The van der Waals surface area contributed by atoms with Crippen LogP contribution in [0.15, 0.2) is 22.7 Å². The van der Waals surface area contributed by atoms with E-state index in [0.29, 0.717) is 4.47 Å². The third kappa shape index (κ3) is 3.28. The van der Waals surface area contributed by atoms with Crippen molar-refractivity contribution in [3.8, 4) is 5.75 Å². The average molecular weight is 286 g/mol. The van der Waals surface area contributed by atoms with Crippen molar-refractivity contribution in [1.82, 2.24) is 0 Å². The minimum Gasteiger partial charge on any atom is -0.506 e. The van der Waals surface area contributed by atoms with Crippen molar-refractivity contribution in [3.05, 3.63) is 22.7 Å². The zero-order chi connectivity index (χ0) is 11.6. The molecule has 1 atom stereocenters. The molecule has 1 unspecified atom stereocenters. The molecular formula is C8H7BrF3NO2. The maximum Gasteiger partial charge on any atom is 0.433 e. The molecular weight excluding hydrogens is 279 g/mol. The molecule has 1 aromatic carbocycles. The molecule has 3 nitrogen and oxygen atoms in total. The number of aromatic hydroxyl groups is 1. The van der Waals surface area contributed by atoms with Crippen LogP contribution in [0.1, 0.15) is 0 Å². The third-order valence-corrected chi connectivity index (χ3v) is 2.05. The highest BCUT2D eigenvalue weighted by Gasteiger charge is 2.38. The highest BCUT2D eigenvalue weighted by Crippen LogP contribution is 2.29. The maximum absolute atomic E-state index is 12.0. The zero-order valence-corrected chi connectivity index (χ0v) is 8.80. The van der Waals surface area contributed by atoms with Gasteiger partial charge in [-0.05, 0) is 18.2 Å². The summed E-state index contributed by atoms with van der Waals surface area (Å²) in [5, 5.41) is 19.6. The molecule has 0 aliphatic rings. The average Bonchev–Trinajstić information content (AvgIpc) is 2.09. The molecule has 0 heterocycles. The van der Waals surface area contributed by atoms with Gasteiger partial charge in [-0.2, -0.15) is 13.2 Å². The van der Waals surface area contributed by atoms with Crippen LogP contribution in [-0.4, -0.2) is 22.6 Å². The molecule has 0 aliphatic heterocycles. The number of benzene rings is 1. The second-order valence-electron chi connectivity index (χ2n) is 2.75.